The number of benzene rings is 10. The first-order valence-electron chi connectivity index (χ1n) is 23.2. The first-order valence-corrected chi connectivity index (χ1v) is 23.2. The van der Waals surface area contributed by atoms with Gasteiger partial charge in [-0.25, -0.2) is 9.97 Å². The second kappa shape index (κ2) is 16.2. The molecule has 3 nitrogen and oxygen atoms in total. The van der Waals surface area contributed by atoms with Crippen molar-refractivity contribution in [1.82, 2.24) is 9.97 Å². The molecule has 0 radical (unpaired) electrons. The van der Waals surface area contributed by atoms with E-state index < -0.39 is 5.41 Å². The molecule has 0 aliphatic heterocycles. The fourth-order valence-corrected chi connectivity index (χ4v) is 10.6. The Kier molecular flexibility index (Phi) is 9.40. The molecule has 68 heavy (non-hydrogen) atoms. The van der Waals surface area contributed by atoms with Crippen LogP contribution in [-0.4, -0.2) is 9.97 Å². The number of para-hydroxylation sites is 1. The molecule has 3 heteroatoms. The van der Waals surface area contributed by atoms with Crippen molar-refractivity contribution in [2.24, 2.45) is 0 Å². The van der Waals surface area contributed by atoms with E-state index in [1.807, 2.05) is 30.3 Å². The van der Waals surface area contributed by atoms with E-state index in [1.165, 1.54) is 33.4 Å². The molecule has 0 spiro atoms. The summed E-state index contributed by atoms with van der Waals surface area (Å²) in [5.74, 6) is 0.679. The minimum Gasteiger partial charge on any atom is -0.456 e. The molecule has 2 aromatic heterocycles. The zero-order chi connectivity index (χ0) is 45.0. The van der Waals surface area contributed by atoms with Gasteiger partial charge in [0.25, 0.3) is 0 Å². The Morgan fingerprint density at radius 2 is 0.765 bits per heavy atom. The third-order valence-electron chi connectivity index (χ3n) is 13.8. The van der Waals surface area contributed by atoms with E-state index in [-0.39, 0.29) is 0 Å². The molecule has 1 aliphatic rings. The van der Waals surface area contributed by atoms with E-state index in [0.717, 1.165) is 83.4 Å². The van der Waals surface area contributed by atoms with Gasteiger partial charge in [0.05, 0.1) is 16.8 Å². The Balaban J connectivity index is 0.957. The minimum absolute atomic E-state index is 0.463. The Hall–Kier alpha value is -8.92. The predicted octanol–water partition coefficient (Wildman–Crippen LogP) is 16.7. The molecule has 0 amide bonds. The molecule has 0 fully saturated rings. The quantitative estimate of drug-likeness (QED) is 0.153. The number of rotatable bonds is 8. The Morgan fingerprint density at radius 3 is 1.49 bits per heavy atom. The van der Waals surface area contributed by atoms with Gasteiger partial charge in [-0.3, -0.25) is 0 Å². The van der Waals surface area contributed by atoms with Crippen molar-refractivity contribution in [3.05, 3.63) is 277 Å². The van der Waals surface area contributed by atoms with Gasteiger partial charge in [-0.2, -0.15) is 0 Å². The summed E-state index contributed by atoms with van der Waals surface area (Å²) in [5.41, 5.74) is 20.4. The van der Waals surface area contributed by atoms with E-state index in [4.69, 9.17) is 14.4 Å². The maximum atomic E-state index is 6.13. The third-order valence-corrected chi connectivity index (χ3v) is 13.8. The minimum atomic E-state index is -0.463. The zero-order valence-corrected chi connectivity index (χ0v) is 37.1. The van der Waals surface area contributed by atoms with Crippen LogP contribution in [0.3, 0.4) is 0 Å². The number of aromatic nitrogens is 2. The van der Waals surface area contributed by atoms with Crippen molar-refractivity contribution in [2.45, 2.75) is 5.41 Å². The van der Waals surface area contributed by atoms with E-state index in [9.17, 15) is 0 Å². The number of nitrogens with zero attached hydrogens (tertiary/aromatic N) is 2. The van der Waals surface area contributed by atoms with Gasteiger partial charge in [0.15, 0.2) is 5.82 Å². The topological polar surface area (TPSA) is 38.9 Å². The van der Waals surface area contributed by atoms with E-state index >= 15 is 0 Å². The zero-order valence-electron chi connectivity index (χ0n) is 37.1. The Labute approximate surface area is 395 Å². The molecule has 0 unspecified atom stereocenters. The van der Waals surface area contributed by atoms with E-state index in [2.05, 4.69) is 224 Å². The van der Waals surface area contributed by atoms with Crippen LogP contribution >= 0.6 is 0 Å². The lowest BCUT2D eigenvalue weighted by molar-refractivity contribution is 0.669. The maximum Gasteiger partial charge on any atom is 0.160 e. The van der Waals surface area contributed by atoms with Gasteiger partial charge in [-0.05, 0) is 115 Å². The normalized spacial score (nSPS) is 12.5. The molecule has 0 atom stereocenters. The second-order valence-electron chi connectivity index (χ2n) is 17.7. The average Bonchev–Trinajstić information content (AvgIpc) is 3.95. The van der Waals surface area contributed by atoms with Crippen molar-refractivity contribution in [3.63, 3.8) is 0 Å². The number of hydrogen-bond donors (Lipinski definition) is 0. The van der Waals surface area contributed by atoms with Crippen LogP contribution in [0.2, 0.25) is 0 Å². The smallest absolute Gasteiger partial charge is 0.160 e. The van der Waals surface area contributed by atoms with Gasteiger partial charge in [0, 0.05) is 27.5 Å². The molecular formula is C65H42N2O. The second-order valence-corrected chi connectivity index (χ2v) is 17.7. The molecule has 0 saturated carbocycles. The third kappa shape index (κ3) is 6.59. The van der Waals surface area contributed by atoms with Crippen molar-refractivity contribution in [1.29, 1.82) is 0 Å². The molecule has 0 bridgehead atoms. The van der Waals surface area contributed by atoms with Crippen LogP contribution in [0.5, 0.6) is 0 Å². The van der Waals surface area contributed by atoms with Crippen LogP contribution in [0.4, 0.5) is 0 Å². The van der Waals surface area contributed by atoms with Crippen molar-refractivity contribution < 1.29 is 4.42 Å². The maximum absolute atomic E-state index is 6.13. The summed E-state index contributed by atoms with van der Waals surface area (Å²) in [5, 5.41) is 2.24. The van der Waals surface area contributed by atoms with E-state index in [0.29, 0.717) is 5.82 Å². The fourth-order valence-electron chi connectivity index (χ4n) is 10.6. The lowest BCUT2D eigenvalue weighted by Gasteiger charge is -2.33. The first-order chi connectivity index (χ1) is 33.7. The molecule has 2 heterocycles. The number of hydrogen-bond acceptors (Lipinski definition) is 3. The summed E-state index contributed by atoms with van der Waals surface area (Å²) < 4.78 is 6.13. The van der Waals surface area contributed by atoms with Crippen LogP contribution in [0.25, 0.3) is 100 Å². The largest absolute Gasteiger partial charge is 0.456 e. The highest BCUT2D eigenvalue weighted by Gasteiger charge is 2.46. The highest BCUT2D eigenvalue weighted by atomic mass is 16.3. The van der Waals surface area contributed by atoms with Crippen LogP contribution in [0.15, 0.2) is 259 Å². The molecule has 10 aromatic carbocycles. The summed E-state index contributed by atoms with van der Waals surface area (Å²) in [7, 11) is 0. The number of fused-ring (bicyclic) bond motifs is 6. The average molecular weight is 867 g/mol. The lowest BCUT2D eigenvalue weighted by atomic mass is 9.67. The highest BCUT2D eigenvalue weighted by Crippen LogP contribution is 2.56. The highest BCUT2D eigenvalue weighted by molar-refractivity contribution is 6.06. The monoisotopic (exact) mass is 866 g/mol. The van der Waals surface area contributed by atoms with Crippen LogP contribution < -0.4 is 0 Å². The summed E-state index contributed by atoms with van der Waals surface area (Å²) >= 11 is 0. The van der Waals surface area contributed by atoms with Crippen molar-refractivity contribution in [2.75, 3.05) is 0 Å². The summed E-state index contributed by atoms with van der Waals surface area (Å²) in [6.07, 6.45) is 0. The van der Waals surface area contributed by atoms with Crippen molar-refractivity contribution in [3.8, 4) is 78.4 Å². The molecule has 318 valence electrons. The van der Waals surface area contributed by atoms with Crippen molar-refractivity contribution >= 4 is 21.9 Å². The molecule has 0 saturated heterocycles. The SMILES string of the molecule is c1ccc(-c2cc(-c3ccc4c(c3)-c3ccccc3C4(c3ccccc3)c3ccccc3)cc(-c3cc(-c4ccc(-c5ccc6oc7ccccc7c6c5)cc4)nc(-c4ccccc4)n3)c2)cc1. The molecular weight excluding hydrogens is 825 g/mol. The van der Waals surface area contributed by atoms with Gasteiger partial charge in [-0.15, -0.1) is 0 Å². The first kappa shape index (κ1) is 39.4. The summed E-state index contributed by atoms with van der Waals surface area (Å²) in [6, 6.07) is 91.4. The van der Waals surface area contributed by atoms with Gasteiger partial charge in [0.1, 0.15) is 11.2 Å². The predicted molar refractivity (Wildman–Crippen MR) is 279 cm³/mol. The standard InChI is InChI=1S/C65H42N2O/c1-5-17-43(18-6-1)49-37-50(48-33-35-59-56(40-48)54-25-13-15-27-58(54)65(59,52-21-9-3-10-22-52)53-23-11-4-12-24-53)39-51(38-49)61-42-60(66-64(67-61)46-19-7-2-8-20-46)45-31-29-44(30-32-45)47-34-36-63-57(41-47)55-26-14-16-28-62(55)68-63/h1-42H. The summed E-state index contributed by atoms with van der Waals surface area (Å²) in [4.78, 5) is 10.6. The van der Waals surface area contributed by atoms with E-state index in [1.54, 1.807) is 0 Å². The van der Waals surface area contributed by atoms with Crippen LogP contribution in [-0.2, 0) is 5.41 Å². The lowest BCUT2D eigenvalue weighted by Crippen LogP contribution is -2.28. The Bertz CT molecular complexity index is 3780. The van der Waals surface area contributed by atoms with Gasteiger partial charge >= 0.3 is 0 Å². The molecule has 0 N–H and O–H groups in total. The molecule has 12 aromatic rings. The van der Waals surface area contributed by atoms with Gasteiger partial charge in [-0.1, -0.05) is 206 Å². The number of furan rings is 1. The molecule has 1 aliphatic carbocycles. The Morgan fingerprint density at radius 1 is 0.279 bits per heavy atom. The van der Waals surface area contributed by atoms with Gasteiger partial charge in [0.2, 0.25) is 0 Å². The molecule has 13 rings (SSSR count). The van der Waals surface area contributed by atoms with Gasteiger partial charge < -0.3 is 4.42 Å². The summed E-state index contributed by atoms with van der Waals surface area (Å²) in [6.45, 7) is 0. The van der Waals surface area contributed by atoms with Crippen LogP contribution in [0.1, 0.15) is 22.3 Å². The van der Waals surface area contributed by atoms with Crippen LogP contribution in [0, 0.1) is 0 Å². The fraction of sp³-hybridized carbons (Fsp3) is 0.0154.